The van der Waals surface area contributed by atoms with Gasteiger partial charge in [0.1, 0.15) is 11.6 Å². The Balaban J connectivity index is 2.01. The average molecular weight is 402 g/mol. The Kier molecular flexibility index (Phi) is 6.03. The first kappa shape index (κ1) is 20.5. The lowest BCUT2D eigenvalue weighted by atomic mass is 10.00. The molecule has 0 amide bonds. The number of aromatic amines is 1. The molecule has 0 radical (unpaired) electrons. The maximum atomic E-state index is 12.4. The molecule has 0 aliphatic carbocycles. The first-order valence-corrected chi connectivity index (χ1v) is 9.08. The normalized spacial score (nSPS) is 10.9. The summed E-state index contributed by atoms with van der Waals surface area (Å²) in [5.74, 6) is -0.984. The van der Waals surface area contributed by atoms with Gasteiger partial charge < -0.3 is 9.84 Å². The minimum atomic E-state index is -0.689. The average Bonchev–Trinajstić information content (AvgIpc) is 2.73. The van der Waals surface area contributed by atoms with E-state index < -0.39 is 17.4 Å². The van der Waals surface area contributed by atoms with Crippen LogP contribution < -0.4 is 5.56 Å². The van der Waals surface area contributed by atoms with E-state index in [2.05, 4.69) is 15.2 Å². The smallest absolute Gasteiger partial charge is 0.338 e. The Hall–Kier alpha value is -4.25. The fourth-order valence-corrected chi connectivity index (χ4v) is 2.72. The number of nitrogens with one attached hydrogen (secondary N) is 1. The second-order valence-corrected chi connectivity index (χ2v) is 6.58. The third-order valence-corrected chi connectivity index (χ3v) is 4.06. The molecule has 8 heteroatoms. The Morgan fingerprint density at radius 2 is 1.77 bits per heavy atom. The van der Waals surface area contributed by atoms with Gasteiger partial charge in [0.05, 0.1) is 17.4 Å². The summed E-state index contributed by atoms with van der Waals surface area (Å²) >= 11 is 0. The first-order chi connectivity index (χ1) is 14.4. The van der Waals surface area contributed by atoms with Gasteiger partial charge in [0.25, 0.3) is 5.56 Å². The van der Waals surface area contributed by atoms with Crippen LogP contribution in [0.25, 0.3) is 11.1 Å². The monoisotopic (exact) mass is 402 g/mol. The molecule has 1 heterocycles. The number of hydrogen-bond acceptors (Lipinski definition) is 7. The number of carbonyl (C=O) groups is 1. The number of carbonyl (C=O) groups excluding carboxylic acids is 1. The minimum absolute atomic E-state index is 0.110. The van der Waals surface area contributed by atoms with Crippen molar-refractivity contribution < 1.29 is 14.6 Å². The molecule has 0 saturated heterocycles. The fraction of sp³-hybridized carbons (Fsp3) is 0.136. The highest BCUT2D eigenvalue weighted by Gasteiger charge is 2.19. The Labute approximate surface area is 172 Å². The molecule has 150 valence electrons. The van der Waals surface area contributed by atoms with Crippen LogP contribution in [0.3, 0.4) is 0 Å². The highest BCUT2D eigenvalue weighted by atomic mass is 16.5. The van der Waals surface area contributed by atoms with Gasteiger partial charge in [-0.25, -0.2) is 4.79 Å². The van der Waals surface area contributed by atoms with Crippen LogP contribution in [0.1, 0.15) is 29.8 Å². The number of nitrogens with zero attached hydrogens (tertiary/aromatic N) is 3. The van der Waals surface area contributed by atoms with Crippen molar-refractivity contribution in [1.29, 1.82) is 5.26 Å². The van der Waals surface area contributed by atoms with Crippen molar-refractivity contribution in [3.63, 3.8) is 0 Å². The number of aromatic hydroxyl groups is 1. The standard InChI is InChI=1S/C22H18N4O4/c1-13(2)30-22(29)15-8-10-16(11-9-15)25-26-19-18(14-6-4-3-5-7-14)17(12-23)20(27)24-21(19)28/h3-11,13H,1-2H3,(H2,24,27,28). The van der Waals surface area contributed by atoms with Gasteiger partial charge in [-0.1, -0.05) is 30.3 Å². The highest BCUT2D eigenvalue weighted by molar-refractivity contribution is 5.89. The van der Waals surface area contributed by atoms with Crippen molar-refractivity contribution in [2.45, 2.75) is 20.0 Å². The summed E-state index contributed by atoms with van der Waals surface area (Å²) in [5.41, 5.74) is 0.561. The summed E-state index contributed by atoms with van der Waals surface area (Å²) in [6.07, 6.45) is -0.233. The van der Waals surface area contributed by atoms with Gasteiger partial charge in [-0.05, 0) is 43.7 Å². The van der Waals surface area contributed by atoms with Crippen LogP contribution in [0.4, 0.5) is 11.4 Å². The van der Waals surface area contributed by atoms with E-state index in [1.54, 1.807) is 68.4 Å². The zero-order valence-electron chi connectivity index (χ0n) is 16.3. The Bertz CT molecular complexity index is 1190. The van der Waals surface area contributed by atoms with Crippen LogP contribution in [-0.2, 0) is 4.74 Å². The van der Waals surface area contributed by atoms with Crippen LogP contribution in [-0.4, -0.2) is 22.2 Å². The number of benzene rings is 2. The van der Waals surface area contributed by atoms with Crippen LogP contribution in [0, 0.1) is 11.3 Å². The molecule has 1 aromatic heterocycles. The maximum absolute atomic E-state index is 12.4. The number of pyridine rings is 1. The fourth-order valence-electron chi connectivity index (χ4n) is 2.72. The van der Waals surface area contributed by atoms with Crippen molar-refractivity contribution in [2.75, 3.05) is 0 Å². The van der Waals surface area contributed by atoms with Crippen molar-refractivity contribution in [3.05, 3.63) is 76.1 Å². The number of esters is 1. The SMILES string of the molecule is CC(C)OC(=O)c1ccc(N=Nc2c(-c3ccccc3)c(C#N)c(O)[nH]c2=O)cc1. The summed E-state index contributed by atoms with van der Waals surface area (Å²) in [4.78, 5) is 26.6. The van der Waals surface area contributed by atoms with Crippen molar-refractivity contribution in [2.24, 2.45) is 10.2 Å². The molecule has 0 fully saturated rings. The van der Waals surface area contributed by atoms with Gasteiger partial charge in [0.15, 0.2) is 5.69 Å². The van der Waals surface area contributed by atoms with Crippen LogP contribution in [0.5, 0.6) is 5.88 Å². The molecule has 0 atom stereocenters. The van der Waals surface area contributed by atoms with Crippen molar-refractivity contribution >= 4 is 17.3 Å². The first-order valence-electron chi connectivity index (χ1n) is 9.08. The van der Waals surface area contributed by atoms with Gasteiger partial charge in [0, 0.05) is 5.56 Å². The highest BCUT2D eigenvalue weighted by Crippen LogP contribution is 2.34. The zero-order valence-corrected chi connectivity index (χ0v) is 16.3. The van der Waals surface area contributed by atoms with E-state index in [1.807, 2.05) is 6.07 Å². The van der Waals surface area contributed by atoms with E-state index in [9.17, 15) is 20.0 Å². The van der Waals surface area contributed by atoms with Gasteiger partial charge in [-0.2, -0.15) is 10.4 Å². The van der Waals surface area contributed by atoms with E-state index in [0.717, 1.165) is 0 Å². The molecule has 0 aliphatic rings. The largest absolute Gasteiger partial charge is 0.494 e. The van der Waals surface area contributed by atoms with Gasteiger partial charge >= 0.3 is 5.97 Å². The summed E-state index contributed by atoms with van der Waals surface area (Å²) in [6.45, 7) is 3.52. The molecule has 0 bridgehead atoms. The number of rotatable bonds is 5. The minimum Gasteiger partial charge on any atom is -0.494 e. The molecule has 0 saturated carbocycles. The predicted octanol–water partition coefficient (Wildman–Crippen LogP) is 4.60. The van der Waals surface area contributed by atoms with Gasteiger partial charge in [-0.15, -0.1) is 5.11 Å². The number of ether oxygens (including phenoxy) is 1. The zero-order chi connectivity index (χ0) is 21.7. The Morgan fingerprint density at radius 3 is 2.37 bits per heavy atom. The van der Waals surface area contributed by atoms with E-state index in [0.29, 0.717) is 16.8 Å². The van der Waals surface area contributed by atoms with Crippen LogP contribution in [0.2, 0.25) is 0 Å². The maximum Gasteiger partial charge on any atom is 0.338 e. The molecule has 3 aromatic rings. The van der Waals surface area contributed by atoms with E-state index >= 15 is 0 Å². The molecule has 0 aliphatic heterocycles. The summed E-state index contributed by atoms with van der Waals surface area (Å²) < 4.78 is 5.13. The van der Waals surface area contributed by atoms with Crippen LogP contribution in [0.15, 0.2) is 69.6 Å². The topological polar surface area (TPSA) is 128 Å². The lowest BCUT2D eigenvalue weighted by molar-refractivity contribution is 0.0378. The summed E-state index contributed by atoms with van der Waals surface area (Å²) in [5, 5.41) is 27.5. The van der Waals surface area contributed by atoms with Crippen LogP contribution >= 0.6 is 0 Å². The predicted molar refractivity (Wildman–Crippen MR) is 110 cm³/mol. The summed E-state index contributed by atoms with van der Waals surface area (Å²) in [6, 6.07) is 16.8. The third-order valence-electron chi connectivity index (χ3n) is 4.06. The second-order valence-electron chi connectivity index (χ2n) is 6.58. The number of aromatic nitrogens is 1. The molecule has 8 nitrogen and oxygen atoms in total. The quantitative estimate of drug-likeness (QED) is 0.476. The number of nitriles is 1. The van der Waals surface area contributed by atoms with Crippen molar-refractivity contribution in [1.82, 2.24) is 4.98 Å². The number of azo groups is 1. The molecule has 0 spiro atoms. The molecule has 0 unspecified atom stereocenters. The summed E-state index contributed by atoms with van der Waals surface area (Å²) in [7, 11) is 0. The Morgan fingerprint density at radius 1 is 1.10 bits per heavy atom. The molecular formula is C22H18N4O4. The van der Waals surface area contributed by atoms with E-state index in [-0.39, 0.29) is 22.9 Å². The molecule has 2 N–H and O–H groups in total. The number of hydrogen-bond donors (Lipinski definition) is 2. The van der Waals surface area contributed by atoms with E-state index in [1.165, 1.54) is 0 Å². The lowest BCUT2D eigenvalue weighted by Gasteiger charge is -2.08. The molecule has 30 heavy (non-hydrogen) atoms. The number of H-pyrrole nitrogens is 1. The lowest BCUT2D eigenvalue weighted by Crippen LogP contribution is -2.11. The molecular weight excluding hydrogens is 384 g/mol. The van der Waals surface area contributed by atoms with Gasteiger partial charge in [0.2, 0.25) is 5.88 Å². The second kappa shape index (κ2) is 8.84. The van der Waals surface area contributed by atoms with Crippen molar-refractivity contribution in [3.8, 4) is 23.1 Å². The van der Waals surface area contributed by atoms with Gasteiger partial charge in [-0.3, -0.25) is 9.78 Å². The van der Waals surface area contributed by atoms with E-state index in [4.69, 9.17) is 4.74 Å². The molecule has 2 aromatic carbocycles. The molecule has 3 rings (SSSR count). The third kappa shape index (κ3) is 4.42.